The molecule has 8 nitrogen and oxygen atoms in total. The lowest BCUT2D eigenvalue weighted by atomic mass is 10.1. The standard InChI is InChI=1S/C17H19N3O5/c1-3-11-19-13(15(20(23)24)16(21)18-17(19)22)10-9-12-7-5-6-8-14(12)25-4-2/h5-10H,3-4,11H2,1-2H3,(H,18,21,22)/b10-9+. The Balaban J connectivity index is 2.64. The molecule has 1 heterocycles. The number of nitrogens with one attached hydrogen (secondary N) is 1. The molecule has 2 rings (SSSR count). The van der Waals surface area contributed by atoms with Gasteiger partial charge in [-0.25, -0.2) is 4.79 Å². The third-order valence-corrected chi connectivity index (χ3v) is 3.48. The number of nitrogens with zero attached hydrogens (tertiary/aromatic N) is 2. The minimum atomic E-state index is -1.01. The first-order chi connectivity index (χ1) is 12.0. The molecule has 0 bridgehead atoms. The number of hydrogen-bond donors (Lipinski definition) is 1. The van der Waals surface area contributed by atoms with Crippen LogP contribution in [0.25, 0.3) is 12.2 Å². The SMILES string of the molecule is CCCn1c(/C=C/c2ccccc2OCC)c([N+](=O)[O-])c(=O)[nH]c1=O. The molecular formula is C17H19N3O5. The molecule has 0 spiro atoms. The fourth-order valence-electron chi connectivity index (χ4n) is 2.44. The summed E-state index contributed by atoms with van der Waals surface area (Å²) in [5, 5.41) is 11.3. The van der Waals surface area contributed by atoms with Gasteiger partial charge in [-0.05, 0) is 31.6 Å². The number of aromatic nitrogens is 2. The fraction of sp³-hybridized carbons (Fsp3) is 0.294. The third-order valence-electron chi connectivity index (χ3n) is 3.48. The van der Waals surface area contributed by atoms with Crippen molar-refractivity contribution in [3.05, 3.63) is 66.5 Å². The van der Waals surface area contributed by atoms with Crippen molar-refractivity contribution in [3.63, 3.8) is 0 Å². The Morgan fingerprint density at radius 2 is 1.96 bits per heavy atom. The lowest BCUT2D eigenvalue weighted by Gasteiger charge is -2.09. The number of ether oxygens (including phenoxy) is 1. The van der Waals surface area contributed by atoms with Gasteiger partial charge in [0.2, 0.25) is 0 Å². The van der Waals surface area contributed by atoms with Crippen LogP contribution in [0.5, 0.6) is 5.75 Å². The van der Waals surface area contributed by atoms with Gasteiger partial charge in [0.25, 0.3) is 0 Å². The van der Waals surface area contributed by atoms with E-state index >= 15 is 0 Å². The highest BCUT2D eigenvalue weighted by atomic mass is 16.6. The second kappa shape index (κ2) is 8.09. The van der Waals surface area contributed by atoms with Gasteiger partial charge in [-0.1, -0.05) is 25.1 Å². The minimum Gasteiger partial charge on any atom is -0.493 e. The van der Waals surface area contributed by atoms with E-state index in [1.165, 1.54) is 10.6 Å². The van der Waals surface area contributed by atoms with E-state index in [0.717, 1.165) is 0 Å². The summed E-state index contributed by atoms with van der Waals surface area (Å²) in [6, 6.07) is 7.16. The zero-order chi connectivity index (χ0) is 18.4. The summed E-state index contributed by atoms with van der Waals surface area (Å²) < 4.78 is 6.70. The molecular weight excluding hydrogens is 326 g/mol. The van der Waals surface area contributed by atoms with E-state index < -0.39 is 21.9 Å². The highest BCUT2D eigenvalue weighted by molar-refractivity contribution is 5.74. The molecule has 0 saturated carbocycles. The van der Waals surface area contributed by atoms with Crippen molar-refractivity contribution in [3.8, 4) is 5.75 Å². The summed E-state index contributed by atoms with van der Waals surface area (Å²) >= 11 is 0. The number of rotatable bonds is 7. The van der Waals surface area contributed by atoms with Gasteiger partial charge in [0.15, 0.2) is 0 Å². The van der Waals surface area contributed by atoms with Gasteiger partial charge in [-0.3, -0.25) is 24.5 Å². The average Bonchev–Trinajstić information content (AvgIpc) is 2.56. The van der Waals surface area contributed by atoms with E-state index in [1.807, 2.05) is 24.9 Å². The van der Waals surface area contributed by atoms with Crippen molar-refractivity contribution < 1.29 is 9.66 Å². The summed E-state index contributed by atoms with van der Waals surface area (Å²) in [5.41, 5.74) is -1.69. The van der Waals surface area contributed by atoms with Crippen molar-refractivity contribution >= 4 is 17.8 Å². The number of aromatic amines is 1. The van der Waals surface area contributed by atoms with Gasteiger partial charge in [0.1, 0.15) is 11.4 Å². The molecule has 1 N–H and O–H groups in total. The maximum Gasteiger partial charge on any atom is 0.357 e. The molecule has 25 heavy (non-hydrogen) atoms. The number of para-hydroxylation sites is 1. The zero-order valence-electron chi connectivity index (χ0n) is 14.0. The molecule has 0 aliphatic rings. The van der Waals surface area contributed by atoms with Gasteiger partial charge in [0.05, 0.1) is 11.5 Å². The predicted molar refractivity (Wildman–Crippen MR) is 94.8 cm³/mol. The van der Waals surface area contributed by atoms with Crippen LogP contribution in [0, 0.1) is 10.1 Å². The Labute approximate surface area is 143 Å². The summed E-state index contributed by atoms with van der Waals surface area (Å²) in [5.74, 6) is 0.609. The van der Waals surface area contributed by atoms with E-state index in [-0.39, 0.29) is 12.2 Å². The topological polar surface area (TPSA) is 107 Å². The first-order valence-corrected chi connectivity index (χ1v) is 7.91. The third kappa shape index (κ3) is 4.03. The highest BCUT2D eigenvalue weighted by Crippen LogP contribution is 2.22. The normalized spacial score (nSPS) is 11.0. The van der Waals surface area contributed by atoms with Crippen molar-refractivity contribution in [2.45, 2.75) is 26.8 Å². The highest BCUT2D eigenvalue weighted by Gasteiger charge is 2.22. The van der Waals surface area contributed by atoms with E-state index in [9.17, 15) is 19.7 Å². The first kappa shape index (κ1) is 18.2. The van der Waals surface area contributed by atoms with Crippen LogP contribution in [0.4, 0.5) is 5.69 Å². The second-order valence-electron chi connectivity index (χ2n) is 5.21. The first-order valence-electron chi connectivity index (χ1n) is 7.91. The number of nitro groups is 1. The van der Waals surface area contributed by atoms with Crippen LogP contribution >= 0.6 is 0 Å². The number of H-pyrrole nitrogens is 1. The average molecular weight is 345 g/mol. The molecule has 0 radical (unpaired) electrons. The smallest absolute Gasteiger partial charge is 0.357 e. The molecule has 0 unspecified atom stereocenters. The van der Waals surface area contributed by atoms with Crippen molar-refractivity contribution in [2.24, 2.45) is 0 Å². The molecule has 132 valence electrons. The maximum atomic E-state index is 12.0. The van der Waals surface area contributed by atoms with Crippen LogP contribution in [0.1, 0.15) is 31.5 Å². The van der Waals surface area contributed by atoms with Crippen LogP contribution in [0.15, 0.2) is 33.9 Å². The molecule has 0 saturated heterocycles. The van der Waals surface area contributed by atoms with E-state index in [0.29, 0.717) is 24.3 Å². The zero-order valence-corrected chi connectivity index (χ0v) is 14.0. The number of hydrogen-bond acceptors (Lipinski definition) is 5. The molecule has 0 aliphatic carbocycles. The lowest BCUT2D eigenvalue weighted by Crippen LogP contribution is -2.33. The van der Waals surface area contributed by atoms with Gasteiger partial charge in [0, 0.05) is 12.1 Å². The van der Waals surface area contributed by atoms with Crippen molar-refractivity contribution in [1.82, 2.24) is 9.55 Å². The molecule has 1 aromatic carbocycles. The Kier molecular flexibility index (Phi) is 5.89. The molecule has 2 aromatic rings. The Bertz CT molecular complexity index is 911. The summed E-state index contributed by atoms with van der Waals surface area (Å²) in [6.07, 6.45) is 3.58. The maximum absolute atomic E-state index is 12.0. The van der Waals surface area contributed by atoms with Gasteiger partial charge >= 0.3 is 16.9 Å². The molecule has 0 fully saturated rings. The van der Waals surface area contributed by atoms with Gasteiger partial charge < -0.3 is 4.74 Å². The Morgan fingerprint density at radius 1 is 1.24 bits per heavy atom. The van der Waals surface area contributed by atoms with E-state index in [1.54, 1.807) is 24.3 Å². The fourth-order valence-corrected chi connectivity index (χ4v) is 2.44. The predicted octanol–water partition coefficient (Wildman–Crippen LogP) is 2.42. The van der Waals surface area contributed by atoms with Crippen molar-refractivity contribution in [2.75, 3.05) is 6.61 Å². The molecule has 0 amide bonds. The quantitative estimate of drug-likeness (QED) is 0.612. The summed E-state index contributed by atoms with van der Waals surface area (Å²) in [4.78, 5) is 36.4. The lowest BCUT2D eigenvalue weighted by molar-refractivity contribution is -0.387. The van der Waals surface area contributed by atoms with Crippen LogP contribution in [0.3, 0.4) is 0 Å². The van der Waals surface area contributed by atoms with Gasteiger partial charge in [-0.15, -0.1) is 0 Å². The Morgan fingerprint density at radius 3 is 2.60 bits per heavy atom. The van der Waals surface area contributed by atoms with Crippen LogP contribution in [0.2, 0.25) is 0 Å². The van der Waals surface area contributed by atoms with E-state index in [4.69, 9.17) is 4.74 Å². The van der Waals surface area contributed by atoms with Crippen LogP contribution in [-0.2, 0) is 6.54 Å². The number of benzene rings is 1. The monoisotopic (exact) mass is 345 g/mol. The van der Waals surface area contributed by atoms with Crippen LogP contribution < -0.4 is 16.0 Å². The Hall–Kier alpha value is -3.16. The molecule has 8 heteroatoms. The van der Waals surface area contributed by atoms with Gasteiger partial charge in [-0.2, -0.15) is 0 Å². The molecule has 0 atom stereocenters. The largest absolute Gasteiger partial charge is 0.493 e. The molecule has 1 aromatic heterocycles. The van der Waals surface area contributed by atoms with Crippen LogP contribution in [-0.4, -0.2) is 21.1 Å². The van der Waals surface area contributed by atoms with E-state index in [2.05, 4.69) is 0 Å². The second-order valence-corrected chi connectivity index (χ2v) is 5.21. The minimum absolute atomic E-state index is 0.0353. The summed E-state index contributed by atoms with van der Waals surface area (Å²) in [7, 11) is 0. The molecule has 0 aliphatic heterocycles. The van der Waals surface area contributed by atoms with Crippen molar-refractivity contribution in [1.29, 1.82) is 0 Å². The summed E-state index contributed by atoms with van der Waals surface area (Å²) in [6.45, 7) is 4.40.